The van der Waals surface area contributed by atoms with Gasteiger partial charge in [-0.05, 0) is 7.05 Å². The van der Waals surface area contributed by atoms with Crippen LogP contribution in [0, 0.1) is 10.1 Å². The molecule has 1 amide bonds. The summed E-state index contributed by atoms with van der Waals surface area (Å²) in [5.41, 5.74) is 0.413. The molecule has 0 aromatic heterocycles. The Kier molecular flexibility index (Phi) is 7.66. The monoisotopic (exact) mass is 273 g/mol. The molecule has 0 fully saturated rings. The molecule has 0 aliphatic carbocycles. The van der Waals surface area contributed by atoms with E-state index in [2.05, 4.69) is 10.6 Å². The van der Waals surface area contributed by atoms with Crippen LogP contribution < -0.4 is 10.6 Å². The van der Waals surface area contributed by atoms with Crippen molar-refractivity contribution >= 4 is 24.0 Å². The number of likely N-dealkylation sites (N-methyl/N-ethyl adjacent to an activating group) is 1. The van der Waals surface area contributed by atoms with E-state index in [9.17, 15) is 14.9 Å². The van der Waals surface area contributed by atoms with Crippen molar-refractivity contribution in [1.82, 2.24) is 10.6 Å². The van der Waals surface area contributed by atoms with E-state index in [0.717, 1.165) is 0 Å². The molecule has 0 aliphatic rings. The Hall–Kier alpha value is -1.66. The van der Waals surface area contributed by atoms with Crippen molar-refractivity contribution in [1.29, 1.82) is 0 Å². The molecule has 0 bridgehead atoms. The summed E-state index contributed by atoms with van der Waals surface area (Å²) >= 11 is 0. The van der Waals surface area contributed by atoms with Crippen LogP contribution in [0.3, 0.4) is 0 Å². The number of benzene rings is 1. The molecule has 1 aromatic carbocycles. The van der Waals surface area contributed by atoms with Crippen molar-refractivity contribution in [2.75, 3.05) is 20.1 Å². The number of halogens is 1. The summed E-state index contributed by atoms with van der Waals surface area (Å²) in [5, 5.41) is 16.3. The molecule has 7 heteroatoms. The van der Waals surface area contributed by atoms with Gasteiger partial charge >= 0.3 is 0 Å². The second kappa shape index (κ2) is 8.43. The largest absolute Gasteiger partial charge is 0.355 e. The van der Waals surface area contributed by atoms with E-state index in [1.165, 1.54) is 6.07 Å². The molecule has 1 aromatic rings. The predicted octanol–water partition coefficient (Wildman–Crippen LogP) is 0.895. The molecule has 100 valence electrons. The molecule has 0 saturated carbocycles. The Morgan fingerprint density at radius 3 is 2.61 bits per heavy atom. The standard InChI is InChI=1S/C11H15N3O3.ClH/c1-12-6-7-13-11(15)8-9-4-2-3-5-10(9)14(16)17;/h2-5,12H,6-8H2,1H3,(H,13,15);1H. The first-order valence-electron chi connectivity index (χ1n) is 5.28. The highest BCUT2D eigenvalue weighted by atomic mass is 35.5. The Bertz CT molecular complexity index is 412. The molecule has 6 nitrogen and oxygen atoms in total. The van der Waals surface area contributed by atoms with Crippen LogP contribution in [0.2, 0.25) is 0 Å². The summed E-state index contributed by atoms with van der Waals surface area (Å²) in [6.45, 7) is 1.18. The number of nitro groups is 1. The van der Waals surface area contributed by atoms with Gasteiger partial charge in [-0.1, -0.05) is 18.2 Å². The van der Waals surface area contributed by atoms with Crippen molar-refractivity contribution in [2.24, 2.45) is 0 Å². The molecular weight excluding hydrogens is 258 g/mol. The molecule has 0 aliphatic heterocycles. The molecule has 0 unspecified atom stereocenters. The van der Waals surface area contributed by atoms with Crippen LogP contribution in [0.25, 0.3) is 0 Å². The summed E-state index contributed by atoms with van der Waals surface area (Å²) in [4.78, 5) is 21.8. The number of hydrogen-bond donors (Lipinski definition) is 2. The van der Waals surface area contributed by atoms with Gasteiger partial charge in [0.05, 0.1) is 11.3 Å². The first kappa shape index (κ1) is 16.3. The maximum atomic E-state index is 11.5. The Morgan fingerprint density at radius 1 is 1.33 bits per heavy atom. The van der Waals surface area contributed by atoms with E-state index in [4.69, 9.17) is 0 Å². The predicted molar refractivity (Wildman–Crippen MR) is 71.0 cm³/mol. The smallest absolute Gasteiger partial charge is 0.273 e. The summed E-state index contributed by atoms with van der Waals surface area (Å²) in [6.07, 6.45) is 0.0286. The van der Waals surface area contributed by atoms with E-state index in [0.29, 0.717) is 18.7 Å². The highest BCUT2D eigenvalue weighted by Crippen LogP contribution is 2.17. The van der Waals surface area contributed by atoms with Crippen LogP contribution >= 0.6 is 12.4 Å². The third-order valence-corrected chi connectivity index (χ3v) is 2.24. The number of hydrogen-bond acceptors (Lipinski definition) is 4. The Balaban J connectivity index is 0.00000289. The van der Waals surface area contributed by atoms with Crippen molar-refractivity contribution in [3.8, 4) is 0 Å². The Morgan fingerprint density at radius 2 is 2.00 bits per heavy atom. The molecule has 0 spiro atoms. The number of amides is 1. The first-order valence-corrected chi connectivity index (χ1v) is 5.28. The van der Waals surface area contributed by atoms with E-state index in [-0.39, 0.29) is 30.4 Å². The number of carbonyl (C=O) groups excluding carboxylic acids is 1. The third kappa shape index (κ3) is 5.11. The van der Waals surface area contributed by atoms with Gasteiger partial charge in [-0.3, -0.25) is 14.9 Å². The number of para-hydroxylation sites is 1. The molecule has 1 rings (SSSR count). The lowest BCUT2D eigenvalue weighted by molar-refractivity contribution is -0.385. The topological polar surface area (TPSA) is 84.3 Å². The van der Waals surface area contributed by atoms with Gasteiger partial charge in [-0.15, -0.1) is 12.4 Å². The number of nitrogens with one attached hydrogen (secondary N) is 2. The average Bonchev–Trinajstić information content (AvgIpc) is 2.29. The van der Waals surface area contributed by atoms with Crippen LogP contribution in [0.4, 0.5) is 5.69 Å². The number of nitro benzene ring substituents is 1. The van der Waals surface area contributed by atoms with Gasteiger partial charge in [0.25, 0.3) is 5.69 Å². The molecule has 0 radical (unpaired) electrons. The zero-order chi connectivity index (χ0) is 12.7. The maximum absolute atomic E-state index is 11.5. The third-order valence-electron chi connectivity index (χ3n) is 2.24. The maximum Gasteiger partial charge on any atom is 0.273 e. The van der Waals surface area contributed by atoms with Gasteiger partial charge in [0.2, 0.25) is 5.91 Å². The van der Waals surface area contributed by atoms with Crippen molar-refractivity contribution < 1.29 is 9.72 Å². The lowest BCUT2D eigenvalue weighted by Gasteiger charge is -2.05. The quantitative estimate of drug-likeness (QED) is 0.458. The highest BCUT2D eigenvalue weighted by molar-refractivity contribution is 5.85. The molecule has 2 N–H and O–H groups in total. The number of carbonyl (C=O) groups is 1. The fourth-order valence-corrected chi connectivity index (χ4v) is 1.40. The van der Waals surface area contributed by atoms with Gasteiger partial charge in [-0.2, -0.15) is 0 Å². The van der Waals surface area contributed by atoms with Crippen LogP contribution in [0.1, 0.15) is 5.56 Å². The van der Waals surface area contributed by atoms with Crippen molar-refractivity contribution in [2.45, 2.75) is 6.42 Å². The van der Waals surface area contributed by atoms with Crippen molar-refractivity contribution in [3.63, 3.8) is 0 Å². The van der Waals surface area contributed by atoms with Gasteiger partial charge in [0.1, 0.15) is 0 Å². The lowest BCUT2D eigenvalue weighted by atomic mass is 10.1. The summed E-state index contributed by atoms with van der Waals surface area (Å²) in [6, 6.07) is 6.26. The minimum Gasteiger partial charge on any atom is -0.355 e. The molecule has 0 saturated heterocycles. The van der Waals surface area contributed by atoms with Crippen LogP contribution in [0.5, 0.6) is 0 Å². The van der Waals surface area contributed by atoms with E-state index >= 15 is 0 Å². The number of nitrogens with zero attached hydrogens (tertiary/aromatic N) is 1. The average molecular weight is 274 g/mol. The van der Waals surface area contributed by atoms with Crippen LogP contribution in [-0.4, -0.2) is 31.0 Å². The SMILES string of the molecule is CNCCNC(=O)Cc1ccccc1[N+](=O)[O-].Cl. The second-order valence-electron chi connectivity index (χ2n) is 3.52. The van der Waals surface area contributed by atoms with E-state index in [1.807, 2.05) is 0 Å². The zero-order valence-electron chi connectivity index (χ0n) is 10.0. The fourth-order valence-electron chi connectivity index (χ4n) is 1.40. The molecule has 18 heavy (non-hydrogen) atoms. The summed E-state index contributed by atoms with van der Waals surface area (Å²) in [7, 11) is 1.79. The van der Waals surface area contributed by atoms with Gasteiger partial charge in [0, 0.05) is 24.7 Å². The van der Waals surface area contributed by atoms with E-state index in [1.54, 1.807) is 25.2 Å². The van der Waals surface area contributed by atoms with Gasteiger partial charge in [0.15, 0.2) is 0 Å². The van der Waals surface area contributed by atoms with Gasteiger partial charge in [-0.25, -0.2) is 0 Å². The zero-order valence-corrected chi connectivity index (χ0v) is 10.8. The molecule has 0 atom stereocenters. The Labute approximate surface area is 111 Å². The van der Waals surface area contributed by atoms with Gasteiger partial charge < -0.3 is 10.6 Å². The first-order chi connectivity index (χ1) is 8.15. The van der Waals surface area contributed by atoms with E-state index < -0.39 is 4.92 Å². The molecule has 0 heterocycles. The second-order valence-corrected chi connectivity index (χ2v) is 3.52. The fraction of sp³-hybridized carbons (Fsp3) is 0.364. The molecular formula is C11H16ClN3O3. The summed E-state index contributed by atoms with van der Waals surface area (Å²) < 4.78 is 0. The minimum atomic E-state index is -0.476. The van der Waals surface area contributed by atoms with Crippen LogP contribution in [0.15, 0.2) is 24.3 Å². The highest BCUT2D eigenvalue weighted by Gasteiger charge is 2.14. The van der Waals surface area contributed by atoms with Crippen molar-refractivity contribution in [3.05, 3.63) is 39.9 Å². The lowest BCUT2D eigenvalue weighted by Crippen LogP contribution is -2.31. The normalized spacial score (nSPS) is 9.39. The number of rotatable bonds is 6. The minimum absolute atomic E-state index is 0. The van der Waals surface area contributed by atoms with Crippen LogP contribution in [-0.2, 0) is 11.2 Å². The summed E-state index contributed by atoms with van der Waals surface area (Å²) in [5.74, 6) is -0.213.